The van der Waals surface area contributed by atoms with E-state index >= 15 is 0 Å². The third-order valence-electron chi connectivity index (χ3n) is 1.83. The van der Waals surface area contributed by atoms with Gasteiger partial charge in [-0.1, -0.05) is 18.2 Å². The normalized spacial score (nSPS) is 10.2. The number of rotatable bonds is 1. The molecule has 1 aromatic heterocycles. The molecule has 0 aliphatic carbocycles. The lowest BCUT2D eigenvalue weighted by Crippen LogP contribution is -1.90. The Kier molecular flexibility index (Phi) is 1.94. The van der Waals surface area contributed by atoms with Gasteiger partial charge in [0.1, 0.15) is 0 Å². The zero-order valence-corrected chi connectivity index (χ0v) is 7.51. The van der Waals surface area contributed by atoms with Gasteiger partial charge >= 0.3 is 0 Å². The van der Waals surface area contributed by atoms with Crippen molar-refractivity contribution in [1.82, 2.24) is 0 Å². The van der Waals surface area contributed by atoms with Crippen molar-refractivity contribution in [3.63, 3.8) is 0 Å². The Bertz CT molecular complexity index is 514. The number of carbonyl (C=O) groups is 1. The summed E-state index contributed by atoms with van der Waals surface area (Å²) in [5.41, 5.74) is 0.561. The molecule has 13 heavy (non-hydrogen) atoms. The van der Waals surface area contributed by atoms with E-state index in [0.29, 0.717) is 10.3 Å². The highest BCUT2D eigenvalue weighted by Crippen LogP contribution is 2.20. The maximum atomic E-state index is 11.4. The third kappa shape index (κ3) is 1.27. The molecule has 0 saturated carbocycles. The van der Waals surface area contributed by atoms with E-state index in [1.165, 1.54) is 17.4 Å². The first kappa shape index (κ1) is 8.13. The number of carbonyl (C=O) groups excluding carboxylic acids is 1. The molecule has 0 radical (unpaired) electrons. The maximum Gasteiger partial charge on any atom is 0.196 e. The summed E-state index contributed by atoms with van der Waals surface area (Å²) in [7, 11) is 0. The molecule has 0 saturated heterocycles. The van der Waals surface area contributed by atoms with Crippen LogP contribution in [0.2, 0.25) is 0 Å². The van der Waals surface area contributed by atoms with Gasteiger partial charge in [-0.15, -0.1) is 11.3 Å². The Balaban J connectivity index is 3.02. The highest BCUT2D eigenvalue weighted by Gasteiger charge is 2.02. The first-order valence-corrected chi connectivity index (χ1v) is 4.66. The predicted octanol–water partition coefficient (Wildman–Crippen LogP) is 2.07. The molecule has 3 heteroatoms. The third-order valence-corrected chi connectivity index (χ3v) is 2.86. The van der Waals surface area contributed by atoms with E-state index in [-0.39, 0.29) is 5.43 Å². The molecule has 0 bridgehead atoms. The van der Waals surface area contributed by atoms with E-state index in [0.717, 1.165) is 11.7 Å². The van der Waals surface area contributed by atoms with Crippen LogP contribution < -0.4 is 5.43 Å². The van der Waals surface area contributed by atoms with Gasteiger partial charge < -0.3 is 0 Å². The monoisotopic (exact) mass is 190 g/mol. The second-order valence-electron chi connectivity index (χ2n) is 2.63. The van der Waals surface area contributed by atoms with Crippen LogP contribution in [0, 0.1) is 0 Å². The van der Waals surface area contributed by atoms with Crippen LogP contribution in [0.4, 0.5) is 0 Å². The fourth-order valence-corrected chi connectivity index (χ4v) is 2.13. The summed E-state index contributed by atoms with van der Waals surface area (Å²) in [5, 5.41) is 2.45. The molecular formula is C10H6O2S. The van der Waals surface area contributed by atoms with Crippen molar-refractivity contribution in [1.29, 1.82) is 0 Å². The van der Waals surface area contributed by atoms with Crippen molar-refractivity contribution < 1.29 is 4.79 Å². The molecular weight excluding hydrogens is 184 g/mol. The molecule has 2 rings (SSSR count). The predicted molar refractivity (Wildman–Crippen MR) is 53.5 cm³/mol. The van der Waals surface area contributed by atoms with Crippen LogP contribution in [0.15, 0.2) is 34.4 Å². The summed E-state index contributed by atoms with van der Waals surface area (Å²) in [6.45, 7) is 0. The molecule has 0 fully saturated rings. The Labute approximate surface area is 78.5 Å². The standard InChI is InChI=1S/C10H6O2S/c11-5-7-6-13-10-8(7)3-1-2-4-9(10)12/h1-6H. The van der Waals surface area contributed by atoms with Crippen LogP contribution in [0.5, 0.6) is 0 Å². The lowest BCUT2D eigenvalue weighted by atomic mass is 10.2. The summed E-state index contributed by atoms with van der Waals surface area (Å²) in [6.07, 6.45) is 0.776. The Morgan fingerprint density at radius 1 is 1.23 bits per heavy atom. The van der Waals surface area contributed by atoms with Gasteiger partial charge in [-0.05, 0) is 6.07 Å². The van der Waals surface area contributed by atoms with Crippen LogP contribution >= 0.6 is 11.3 Å². The van der Waals surface area contributed by atoms with E-state index < -0.39 is 0 Å². The highest BCUT2D eigenvalue weighted by atomic mass is 32.1. The van der Waals surface area contributed by atoms with Gasteiger partial charge in [0, 0.05) is 16.3 Å². The SMILES string of the molecule is O=Cc1csc2c(=O)ccccc12. The fraction of sp³-hybridized carbons (Fsp3) is 0. The lowest BCUT2D eigenvalue weighted by Gasteiger charge is -1.80. The first-order valence-electron chi connectivity index (χ1n) is 3.78. The van der Waals surface area contributed by atoms with Gasteiger partial charge in [0.2, 0.25) is 0 Å². The molecule has 0 aliphatic heterocycles. The quantitative estimate of drug-likeness (QED) is 0.645. The lowest BCUT2D eigenvalue weighted by molar-refractivity contribution is 0.112. The largest absolute Gasteiger partial charge is 0.298 e. The van der Waals surface area contributed by atoms with Crippen molar-refractivity contribution in [2.45, 2.75) is 0 Å². The van der Waals surface area contributed by atoms with E-state index in [1.54, 1.807) is 23.6 Å². The van der Waals surface area contributed by atoms with E-state index in [4.69, 9.17) is 0 Å². The molecule has 0 N–H and O–H groups in total. The van der Waals surface area contributed by atoms with Crippen LogP contribution in [0.1, 0.15) is 10.4 Å². The number of hydrogen-bond donors (Lipinski definition) is 0. The highest BCUT2D eigenvalue weighted by molar-refractivity contribution is 7.17. The van der Waals surface area contributed by atoms with Crippen molar-refractivity contribution in [2.75, 3.05) is 0 Å². The van der Waals surface area contributed by atoms with Crippen molar-refractivity contribution in [3.8, 4) is 0 Å². The minimum atomic E-state index is -0.0295. The van der Waals surface area contributed by atoms with Crippen LogP contribution in [0.3, 0.4) is 0 Å². The number of aldehydes is 1. The van der Waals surface area contributed by atoms with Crippen LogP contribution in [-0.4, -0.2) is 6.29 Å². The van der Waals surface area contributed by atoms with Crippen LogP contribution in [-0.2, 0) is 0 Å². The fourth-order valence-electron chi connectivity index (χ4n) is 1.20. The summed E-state index contributed by atoms with van der Waals surface area (Å²) in [4.78, 5) is 22.0. The van der Waals surface area contributed by atoms with Gasteiger partial charge in [0.25, 0.3) is 0 Å². The Hall–Kier alpha value is -1.48. The molecule has 0 unspecified atom stereocenters. The average molecular weight is 190 g/mol. The molecule has 0 spiro atoms. The van der Waals surface area contributed by atoms with E-state index in [2.05, 4.69) is 0 Å². The van der Waals surface area contributed by atoms with Crippen molar-refractivity contribution in [3.05, 3.63) is 45.4 Å². The Morgan fingerprint density at radius 2 is 2.00 bits per heavy atom. The smallest absolute Gasteiger partial charge is 0.196 e. The summed E-state index contributed by atoms with van der Waals surface area (Å²) >= 11 is 1.31. The molecule has 0 aliphatic rings. The zero-order valence-electron chi connectivity index (χ0n) is 6.69. The first-order chi connectivity index (χ1) is 6.33. The number of thiophene rings is 1. The minimum absolute atomic E-state index is 0.0295. The van der Waals surface area contributed by atoms with E-state index in [1.807, 2.05) is 0 Å². The number of hydrogen-bond acceptors (Lipinski definition) is 3. The molecule has 0 atom stereocenters. The summed E-state index contributed by atoms with van der Waals surface area (Å²) < 4.78 is 0.645. The summed E-state index contributed by atoms with van der Waals surface area (Å²) in [5.74, 6) is 0. The molecule has 2 nitrogen and oxygen atoms in total. The van der Waals surface area contributed by atoms with Gasteiger partial charge in [-0.25, -0.2) is 0 Å². The van der Waals surface area contributed by atoms with Gasteiger partial charge in [0.15, 0.2) is 11.7 Å². The summed E-state index contributed by atoms with van der Waals surface area (Å²) in [6, 6.07) is 6.75. The van der Waals surface area contributed by atoms with Crippen LogP contribution in [0.25, 0.3) is 10.1 Å². The van der Waals surface area contributed by atoms with Crippen molar-refractivity contribution >= 4 is 27.7 Å². The molecule has 1 heterocycles. The molecule has 1 aromatic carbocycles. The average Bonchev–Trinajstić information content (AvgIpc) is 2.47. The van der Waals surface area contributed by atoms with Gasteiger partial charge in [-0.3, -0.25) is 9.59 Å². The molecule has 64 valence electrons. The second-order valence-corrected chi connectivity index (χ2v) is 3.51. The van der Waals surface area contributed by atoms with Gasteiger partial charge in [-0.2, -0.15) is 0 Å². The second kappa shape index (κ2) is 3.11. The molecule has 0 amide bonds. The van der Waals surface area contributed by atoms with E-state index in [9.17, 15) is 9.59 Å². The van der Waals surface area contributed by atoms with Gasteiger partial charge in [0.05, 0.1) is 4.70 Å². The molecule has 2 aromatic rings. The maximum absolute atomic E-state index is 11.4. The zero-order chi connectivity index (χ0) is 9.26. The topological polar surface area (TPSA) is 34.1 Å². The van der Waals surface area contributed by atoms with Crippen molar-refractivity contribution in [2.24, 2.45) is 0 Å². The Morgan fingerprint density at radius 3 is 2.77 bits per heavy atom. The number of fused-ring (bicyclic) bond motifs is 1. The minimum Gasteiger partial charge on any atom is -0.298 e.